The second-order valence-electron chi connectivity index (χ2n) is 6.11. The molecule has 0 aliphatic rings. The molecule has 1 rings (SSSR count). The summed E-state index contributed by atoms with van der Waals surface area (Å²) in [5, 5.41) is 12.9. The van der Waals surface area contributed by atoms with Crippen molar-refractivity contribution in [1.29, 1.82) is 0 Å². The van der Waals surface area contributed by atoms with E-state index in [0.29, 0.717) is 13.0 Å². The van der Waals surface area contributed by atoms with Crippen LogP contribution < -0.4 is 5.32 Å². The number of carbonyl (C=O) groups excluding carboxylic acids is 1. The number of aryl methyl sites for hydroxylation is 2. The second kappa shape index (κ2) is 6.86. The number of amides is 1. The zero-order valence-corrected chi connectivity index (χ0v) is 13.2. The first-order valence-corrected chi connectivity index (χ1v) is 6.89. The molecular formula is C16H26N2O2. The van der Waals surface area contributed by atoms with Gasteiger partial charge in [-0.15, -0.1) is 0 Å². The highest BCUT2D eigenvalue weighted by Gasteiger charge is 2.22. The summed E-state index contributed by atoms with van der Waals surface area (Å²) in [5.74, 6) is -0.0627. The predicted octanol–water partition coefficient (Wildman–Crippen LogP) is 1.27. The van der Waals surface area contributed by atoms with Gasteiger partial charge in [0, 0.05) is 13.1 Å². The third-order valence-corrected chi connectivity index (χ3v) is 3.26. The zero-order valence-electron chi connectivity index (χ0n) is 13.2. The maximum atomic E-state index is 11.9. The molecule has 20 heavy (non-hydrogen) atoms. The number of hydrogen-bond acceptors (Lipinski definition) is 3. The van der Waals surface area contributed by atoms with E-state index >= 15 is 0 Å². The number of nitrogens with zero attached hydrogens (tertiary/aromatic N) is 1. The minimum atomic E-state index is -0.914. The Labute approximate surface area is 121 Å². The Hall–Kier alpha value is -1.39. The van der Waals surface area contributed by atoms with Crippen molar-refractivity contribution in [2.24, 2.45) is 0 Å². The quantitative estimate of drug-likeness (QED) is 0.824. The van der Waals surface area contributed by atoms with Gasteiger partial charge in [0.1, 0.15) is 0 Å². The van der Waals surface area contributed by atoms with Gasteiger partial charge in [-0.2, -0.15) is 0 Å². The first kappa shape index (κ1) is 16.7. The molecular weight excluding hydrogens is 252 g/mol. The number of likely N-dealkylation sites (N-methyl/N-ethyl adjacent to an activating group) is 1. The van der Waals surface area contributed by atoms with Gasteiger partial charge >= 0.3 is 0 Å². The maximum absolute atomic E-state index is 11.9. The molecule has 0 spiro atoms. The molecule has 0 bridgehead atoms. The van der Waals surface area contributed by atoms with Crippen LogP contribution >= 0.6 is 0 Å². The van der Waals surface area contributed by atoms with E-state index in [1.54, 1.807) is 6.92 Å². The maximum Gasteiger partial charge on any atom is 0.224 e. The SMILES string of the molecule is Cc1ccc(CC(=O)NCC(C)(O)CN(C)C)cc1C. The largest absolute Gasteiger partial charge is 0.387 e. The molecule has 0 radical (unpaired) electrons. The summed E-state index contributed by atoms with van der Waals surface area (Å²) in [7, 11) is 3.79. The molecule has 4 heteroatoms. The number of rotatable bonds is 6. The Kier molecular flexibility index (Phi) is 5.72. The summed E-state index contributed by atoms with van der Waals surface area (Å²) in [6.07, 6.45) is 0.346. The molecule has 1 unspecified atom stereocenters. The summed E-state index contributed by atoms with van der Waals surface area (Å²) >= 11 is 0. The Bertz CT molecular complexity index is 468. The fourth-order valence-electron chi connectivity index (χ4n) is 2.19. The van der Waals surface area contributed by atoms with Gasteiger partial charge in [0.25, 0.3) is 0 Å². The van der Waals surface area contributed by atoms with Crippen molar-refractivity contribution in [3.8, 4) is 0 Å². The van der Waals surface area contributed by atoms with E-state index in [1.165, 1.54) is 11.1 Å². The number of hydrogen-bond donors (Lipinski definition) is 2. The normalized spacial score (nSPS) is 14.2. The fourth-order valence-corrected chi connectivity index (χ4v) is 2.19. The Morgan fingerprint density at radius 3 is 2.50 bits per heavy atom. The van der Waals surface area contributed by atoms with Crippen molar-refractivity contribution >= 4 is 5.91 Å². The van der Waals surface area contributed by atoms with Crippen LogP contribution in [0.25, 0.3) is 0 Å². The number of benzene rings is 1. The molecule has 0 heterocycles. The standard InChI is InChI=1S/C16H26N2O2/c1-12-6-7-14(8-13(12)2)9-15(19)17-10-16(3,20)11-18(4)5/h6-8,20H,9-11H2,1-5H3,(H,17,19). The molecule has 4 nitrogen and oxygen atoms in total. The van der Waals surface area contributed by atoms with Crippen molar-refractivity contribution in [2.45, 2.75) is 32.8 Å². The molecule has 0 aliphatic carbocycles. The van der Waals surface area contributed by atoms with E-state index in [1.807, 2.05) is 44.1 Å². The van der Waals surface area contributed by atoms with Crippen LogP contribution in [0.15, 0.2) is 18.2 Å². The molecule has 0 aromatic heterocycles. The predicted molar refractivity (Wildman–Crippen MR) is 81.8 cm³/mol. The first-order valence-electron chi connectivity index (χ1n) is 6.89. The van der Waals surface area contributed by atoms with Crippen molar-refractivity contribution in [3.05, 3.63) is 34.9 Å². The average molecular weight is 278 g/mol. The molecule has 0 saturated carbocycles. The van der Waals surface area contributed by atoms with E-state index in [-0.39, 0.29) is 12.5 Å². The monoisotopic (exact) mass is 278 g/mol. The van der Waals surface area contributed by atoms with E-state index in [9.17, 15) is 9.90 Å². The number of aliphatic hydroxyl groups is 1. The second-order valence-corrected chi connectivity index (χ2v) is 6.11. The van der Waals surface area contributed by atoms with Crippen LogP contribution in [-0.4, -0.2) is 48.7 Å². The van der Waals surface area contributed by atoms with Gasteiger partial charge in [0.05, 0.1) is 12.0 Å². The first-order chi connectivity index (χ1) is 9.19. The minimum Gasteiger partial charge on any atom is -0.387 e. The summed E-state index contributed by atoms with van der Waals surface area (Å²) in [6.45, 7) is 6.59. The van der Waals surface area contributed by atoms with Gasteiger partial charge in [0.15, 0.2) is 0 Å². The number of carbonyl (C=O) groups is 1. The van der Waals surface area contributed by atoms with Crippen LogP contribution in [0.4, 0.5) is 0 Å². The third kappa shape index (κ3) is 5.72. The van der Waals surface area contributed by atoms with Gasteiger partial charge < -0.3 is 15.3 Å². The van der Waals surface area contributed by atoms with Crippen molar-refractivity contribution in [3.63, 3.8) is 0 Å². The van der Waals surface area contributed by atoms with Gasteiger partial charge in [-0.05, 0) is 51.6 Å². The van der Waals surface area contributed by atoms with Crippen LogP contribution in [0.2, 0.25) is 0 Å². The van der Waals surface area contributed by atoms with E-state index in [2.05, 4.69) is 12.2 Å². The smallest absolute Gasteiger partial charge is 0.224 e. The summed E-state index contributed by atoms with van der Waals surface area (Å²) < 4.78 is 0. The lowest BCUT2D eigenvalue weighted by atomic mass is 10.0. The van der Waals surface area contributed by atoms with Crippen LogP contribution in [0.1, 0.15) is 23.6 Å². The van der Waals surface area contributed by atoms with E-state index < -0.39 is 5.60 Å². The highest BCUT2D eigenvalue weighted by molar-refractivity contribution is 5.78. The lowest BCUT2D eigenvalue weighted by Gasteiger charge is -2.27. The Morgan fingerprint density at radius 1 is 1.30 bits per heavy atom. The van der Waals surface area contributed by atoms with Crippen LogP contribution in [0.3, 0.4) is 0 Å². The highest BCUT2D eigenvalue weighted by atomic mass is 16.3. The van der Waals surface area contributed by atoms with Crippen LogP contribution in [-0.2, 0) is 11.2 Å². The third-order valence-electron chi connectivity index (χ3n) is 3.26. The van der Waals surface area contributed by atoms with Crippen LogP contribution in [0, 0.1) is 13.8 Å². The Balaban J connectivity index is 2.49. The van der Waals surface area contributed by atoms with Gasteiger partial charge in [0.2, 0.25) is 5.91 Å². The summed E-state index contributed by atoms with van der Waals surface area (Å²) in [4.78, 5) is 13.8. The molecule has 1 amide bonds. The average Bonchev–Trinajstić information content (AvgIpc) is 2.30. The molecule has 1 aromatic carbocycles. The van der Waals surface area contributed by atoms with Crippen molar-refractivity contribution in [1.82, 2.24) is 10.2 Å². The molecule has 112 valence electrons. The molecule has 1 atom stereocenters. The zero-order chi connectivity index (χ0) is 15.3. The molecule has 1 aromatic rings. The van der Waals surface area contributed by atoms with Gasteiger partial charge in [-0.3, -0.25) is 4.79 Å². The minimum absolute atomic E-state index is 0.0627. The lowest BCUT2D eigenvalue weighted by Crippen LogP contribution is -2.47. The Morgan fingerprint density at radius 2 is 1.95 bits per heavy atom. The molecule has 2 N–H and O–H groups in total. The van der Waals surface area contributed by atoms with Crippen molar-refractivity contribution in [2.75, 3.05) is 27.2 Å². The topological polar surface area (TPSA) is 52.6 Å². The number of nitrogens with one attached hydrogen (secondary N) is 1. The lowest BCUT2D eigenvalue weighted by molar-refractivity contribution is -0.121. The molecule has 0 aliphatic heterocycles. The molecule has 0 fully saturated rings. The van der Waals surface area contributed by atoms with Crippen molar-refractivity contribution < 1.29 is 9.90 Å². The van der Waals surface area contributed by atoms with Gasteiger partial charge in [-0.25, -0.2) is 0 Å². The van der Waals surface area contributed by atoms with E-state index in [0.717, 1.165) is 5.56 Å². The van der Waals surface area contributed by atoms with Gasteiger partial charge in [-0.1, -0.05) is 18.2 Å². The van der Waals surface area contributed by atoms with Crippen LogP contribution in [0.5, 0.6) is 0 Å². The molecule has 0 saturated heterocycles. The highest BCUT2D eigenvalue weighted by Crippen LogP contribution is 2.10. The summed E-state index contributed by atoms with van der Waals surface area (Å²) in [5.41, 5.74) is 2.50. The summed E-state index contributed by atoms with van der Waals surface area (Å²) in [6, 6.07) is 6.03. The van der Waals surface area contributed by atoms with E-state index in [4.69, 9.17) is 0 Å². The fraction of sp³-hybridized carbons (Fsp3) is 0.562.